The molecule has 0 saturated heterocycles. The Hall–Kier alpha value is -3.63. The molecule has 0 aromatic carbocycles. The number of nitrogens with one attached hydrogen (secondary N) is 1. The third kappa shape index (κ3) is 3.34. The number of aromatic nitrogens is 6. The summed E-state index contributed by atoms with van der Waals surface area (Å²) in [5, 5.41) is 18.9. The van der Waals surface area contributed by atoms with Crippen LogP contribution in [-0.2, 0) is 0 Å². The minimum absolute atomic E-state index is 0.0494. The second-order valence-electron chi connectivity index (χ2n) is 5.35. The van der Waals surface area contributed by atoms with E-state index in [1.807, 2.05) is 13.8 Å². The van der Waals surface area contributed by atoms with Gasteiger partial charge in [-0.25, -0.2) is 10.1 Å². The molecule has 3 rings (SSSR count). The van der Waals surface area contributed by atoms with Crippen molar-refractivity contribution in [3.63, 3.8) is 0 Å². The summed E-state index contributed by atoms with van der Waals surface area (Å²) in [6.45, 7) is 3.77. The van der Waals surface area contributed by atoms with Gasteiger partial charge in [-0.2, -0.15) is 9.78 Å². The number of amides is 1. The van der Waals surface area contributed by atoms with Crippen molar-refractivity contribution in [3.8, 4) is 5.82 Å². The smallest absolute Gasteiger partial charge is 0.293 e. The van der Waals surface area contributed by atoms with Crippen LogP contribution in [0.2, 0.25) is 0 Å². The summed E-state index contributed by atoms with van der Waals surface area (Å²) in [5.41, 5.74) is 9.47. The number of hydrogen-bond donors (Lipinski definition) is 2. The number of carbonyl (C=O) groups is 1. The molecule has 0 aliphatic carbocycles. The molecule has 11 nitrogen and oxygen atoms in total. The van der Waals surface area contributed by atoms with E-state index in [2.05, 4.69) is 40.8 Å². The second-order valence-corrected chi connectivity index (χ2v) is 5.35. The lowest BCUT2D eigenvalue weighted by atomic mass is 10.1. The van der Waals surface area contributed by atoms with E-state index >= 15 is 0 Å². The average molecular weight is 341 g/mol. The van der Waals surface area contributed by atoms with Gasteiger partial charge >= 0.3 is 0 Å². The van der Waals surface area contributed by atoms with Gasteiger partial charge in [0.15, 0.2) is 5.69 Å². The minimum atomic E-state index is -0.509. The predicted molar refractivity (Wildman–Crippen MR) is 87.0 cm³/mol. The van der Waals surface area contributed by atoms with Crippen LogP contribution in [0.25, 0.3) is 5.82 Å². The standard InChI is InChI=1S/C14H15N9O2/c1-8(2)11-10(18-22-23(11)13-12(15)20-25-21-13)14(24)19-17-7-9-4-3-5-16-6-9/h3-8H,1-2H3,(H2,15,20)(H,19,24). The van der Waals surface area contributed by atoms with E-state index in [1.54, 1.807) is 24.5 Å². The Morgan fingerprint density at radius 2 is 2.28 bits per heavy atom. The zero-order valence-electron chi connectivity index (χ0n) is 13.5. The van der Waals surface area contributed by atoms with Gasteiger partial charge in [-0.1, -0.05) is 25.1 Å². The molecule has 0 fully saturated rings. The van der Waals surface area contributed by atoms with Crippen LogP contribution in [-0.4, -0.2) is 42.4 Å². The third-order valence-corrected chi connectivity index (χ3v) is 3.23. The van der Waals surface area contributed by atoms with Crippen LogP contribution in [0.5, 0.6) is 0 Å². The number of nitrogens with zero attached hydrogens (tertiary/aromatic N) is 7. The monoisotopic (exact) mass is 341 g/mol. The molecule has 3 aromatic rings. The maximum absolute atomic E-state index is 12.4. The van der Waals surface area contributed by atoms with Gasteiger partial charge in [-0.3, -0.25) is 9.78 Å². The zero-order chi connectivity index (χ0) is 17.8. The fourth-order valence-corrected chi connectivity index (χ4v) is 2.13. The normalized spacial score (nSPS) is 11.3. The van der Waals surface area contributed by atoms with Gasteiger partial charge in [0.05, 0.1) is 11.9 Å². The van der Waals surface area contributed by atoms with E-state index in [0.717, 1.165) is 5.56 Å². The Morgan fingerprint density at radius 3 is 2.92 bits per heavy atom. The molecule has 0 atom stereocenters. The molecule has 0 spiro atoms. The van der Waals surface area contributed by atoms with E-state index < -0.39 is 5.91 Å². The SMILES string of the molecule is CC(C)c1c(C(=O)NN=Cc2cccnc2)nnn1-c1nonc1N. The Morgan fingerprint density at radius 1 is 1.44 bits per heavy atom. The minimum Gasteiger partial charge on any atom is -0.378 e. The van der Waals surface area contributed by atoms with Crippen LogP contribution >= 0.6 is 0 Å². The van der Waals surface area contributed by atoms with Crippen molar-refractivity contribution in [1.82, 2.24) is 35.7 Å². The van der Waals surface area contributed by atoms with Gasteiger partial charge in [-0.15, -0.1) is 5.10 Å². The third-order valence-electron chi connectivity index (χ3n) is 3.23. The lowest BCUT2D eigenvalue weighted by molar-refractivity contribution is 0.0948. The summed E-state index contributed by atoms with van der Waals surface area (Å²) in [5.74, 6) is -0.373. The predicted octanol–water partition coefficient (Wildman–Crippen LogP) is 0.515. The van der Waals surface area contributed by atoms with Crippen LogP contribution < -0.4 is 11.2 Å². The highest BCUT2D eigenvalue weighted by atomic mass is 16.6. The highest BCUT2D eigenvalue weighted by Gasteiger charge is 2.25. The number of hydrazone groups is 1. The van der Waals surface area contributed by atoms with Crippen molar-refractivity contribution >= 4 is 17.9 Å². The summed E-state index contributed by atoms with van der Waals surface area (Å²) < 4.78 is 5.90. The molecule has 0 aliphatic rings. The molecule has 1 amide bonds. The second kappa shape index (κ2) is 6.86. The number of rotatable bonds is 5. The number of nitrogen functional groups attached to an aromatic ring is 1. The Balaban J connectivity index is 1.84. The number of carbonyl (C=O) groups excluding carboxylic acids is 1. The van der Waals surface area contributed by atoms with Crippen LogP contribution in [0.3, 0.4) is 0 Å². The molecular weight excluding hydrogens is 326 g/mol. The van der Waals surface area contributed by atoms with E-state index in [4.69, 9.17) is 5.73 Å². The first-order valence-corrected chi connectivity index (χ1v) is 7.35. The fraction of sp³-hybridized carbons (Fsp3) is 0.214. The van der Waals surface area contributed by atoms with Gasteiger partial charge in [0.1, 0.15) is 0 Å². The van der Waals surface area contributed by atoms with Crippen molar-refractivity contribution in [2.24, 2.45) is 5.10 Å². The molecule has 3 aromatic heterocycles. The first-order chi connectivity index (χ1) is 12.1. The lowest BCUT2D eigenvalue weighted by Crippen LogP contribution is -2.21. The zero-order valence-corrected chi connectivity index (χ0v) is 13.5. The summed E-state index contributed by atoms with van der Waals surface area (Å²) in [6, 6.07) is 3.57. The molecule has 11 heteroatoms. The highest BCUT2D eigenvalue weighted by Crippen LogP contribution is 2.22. The molecule has 128 valence electrons. The molecule has 25 heavy (non-hydrogen) atoms. The number of anilines is 1. The van der Waals surface area contributed by atoms with Crippen LogP contribution in [0, 0.1) is 0 Å². The Kier molecular flexibility index (Phi) is 4.46. The van der Waals surface area contributed by atoms with E-state index in [0.29, 0.717) is 5.69 Å². The van der Waals surface area contributed by atoms with E-state index in [1.165, 1.54) is 10.9 Å². The van der Waals surface area contributed by atoms with Crippen molar-refractivity contribution in [1.29, 1.82) is 0 Å². The van der Waals surface area contributed by atoms with Gasteiger partial charge in [0, 0.05) is 18.0 Å². The van der Waals surface area contributed by atoms with Crippen molar-refractivity contribution in [3.05, 3.63) is 41.5 Å². The van der Waals surface area contributed by atoms with Crippen LogP contribution in [0.4, 0.5) is 5.82 Å². The molecule has 3 N–H and O–H groups in total. The van der Waals surface area contributed by atoms with Gasteiger partial charge in [0.2, 0.25) is 11.6 Å². The van der Waals surface area contributed by atoms with Gasteiger partial charge < -0.3 is 5.73 Å². The van der Waals surface area contributed by atoms with Crippen molar-refractivity contribution < 1.29 is 9.42 Å². The molecule has 0 unspecified atom stereocenters. The van der Waals surface area contributed by atoms with Gasteiger partial charge in [0.25, 0.3) is 5.91 Å². The average Bonchev–Trinajstić information content (AvgIpc) is 3.21. The molecular formula is C14H15N9O2. The maximum atomic E-state index is 12.4. The molecule has 0 radical (unpaired) electrons. The first-order valence-electron chi connectivity index (χ1n) is 7.35. The highest BCUT2D eigenvalue weighted by molar-refractivity contribution is 5.94. The summed E-state index contributed by atoms with van der Waals surface area (Å²) in [7, 11) is 0. The quantitative estimate of drug-likeness (QED) is 0.503. The first kappa shape index (κ1) is 16.2. The number of hydrogen-bond acceptors (Lipinski definition) is 9. The number of nitrogens with two attached hydrogens (primary N) is 1. The van der Waals surface area contributed by atoms with Crippen molar-refractivity contribution in [2.45, 2.75) is 19.8 Å². The summed E-state index contributed by atoms with van der Waals surface area (Å²) >= 11 is 0. The van der Waals surface area contributed by atoms with E-state index in [9.17, 15) is 4.79 Å². The lowest BCUT2D eigenvalue weighted by Gasteiger charge is -2.08. The summed E-state index contributed by atoms with van der Waals surface area (Å²) in [4.78, 5) is 16.3. The topological polar surface area (TPSA) is 150 Å². The number of pyridine rings is 1. The summed E-state index contributed by atoms with van der Waals surface area (Å²) in [6.07, 6.45) is 4.74. The Labute approximate surface area is 141 Å². The maximum Gasteiger partial charge on any atom is 0.293 e. The van der Waals surface area contributed by atoms with E-state index in [-0.39, 0.29) is 23.2 Å². The fourth-order valence-electron chi connectivity index (χ4n) is 2.13. The van der Waals surface area contributed by atoms with Gasteiger partial charge in [-0.05, 0) is 22.3 Å². The molecule has 0 aliphatic heterocycles. The molecule has 0 saturated carbocycles. The molecule has 0 bridgehead atoms. The van der Waals surface area contributed by atoms with Crippen molar-refractivity contribution in [2.75, 3.05) is 5.73 Å². The largest absolute Gasteiger partial charge is 0.378 e. The van der Waals surface area contributed by atoms with Crippen LogP contribution in [0.1, 0.15) is 41.5 Å². The Bertz CT molecular complexity index is 898. The molecule has 3 heterocycles. The van der Waals surface area contributed by atoms with Crippen LogP contribution in [0.15, 0.2) is 34.3 Å².